The van der Waals surface area contributed by atoms with E-state index < -0.39 is 10.0 Å². The van der Waals surface area contributed by atoms with E-state index in [4.69, 9.17) is 0 Å². The number of hydrogen-bond acceptors (Lipinski definition) is 6. The van der Waals surface area contributed by atoms with Crippen LogP contribution >= 0.6 is 11.8 Å². The molecule has 0 aliphatic heterocycles. The molecular weight excluding hydrogens is 380 g/mol. The largest absolute Gasteiger partial charge is 0.269 e. The van der Waals surface area contributed by atoms with Gasteiger partial charge in [-0.15, -0.1) is 0 Å². The minimum Gasteiger partial charge on any atom is -0.237 e. The Morgan fingerprint density at radius 3 is 2.44 bits per heavy atom. The second-order valence-electron chi connectivity index (χ2n) is 5.95. The Labute approximate surface area is 161 Å². The maximum absolute atomic E-state index is 13.1. The molecule has 27 heavy (non-hydrogen) atoms. The number of hydrogen-bond donors (Lipinski definition) is 0. The molecule has 0 atom stereocenters. The molecule has 136 valence electrons. The molecule has 0 spiro atoms. The summed E-state index contributed by atoms with van der Waals surface area (Å²) in [7, 11) is -3.73. The average Bonchev–Trinajstić information content (AvgIpc) is 3.13. The van der Waals surface area contributed by atoms with Crippen LogP contribution < -0.4 is 0 Å². The highest BCUT2D eigenvalue weighted by Gasteiger charge is 2.21. The second-order valence-corrected chi connectivity index (χ2v) is 8.54. The summed E-state index contributed by atoms with van der Waals surface area (Å²) >= 11 is 1.45. The van der Waals surface area contributed by atoms with Crippen LogP contribution in [0.3, 0.4) is 0 Å². The van der Waals surface area contributed by atoms with Crippen molar-refractivity contribution in [3.63, 3.8) is 0 Å². The molecule has 3 heterocycles. The molecule has 0 radical (unpaired) electrons. The number of fused-ring (bicyclic) bond motifs is 1. The predicted octanol–water partition coefficient (Wildman–Crippen LogP) is 3.76. The summed E-state index contributed by atoms with van der Waals surface area (Å²) in [6.45, 7) is 1.92. The molecule has 3 aromatic heterocycles. The predicted molar refractivity (Wildman–Crippen MR) is 106 cm³/mol. The van der Waals surface area contributed by atoms with Crippen molar-refractivity contribution in [1.29, 1.82) is 0 Å². The number of nitrogens with zero attached hydrogens (tertiary/aromatic N) is 4. The normalized spacial score (nSPS) is 11.8. The van der Waals surface area contributed by atoms with E-state index in [1.807, 2.05) is 19.2 Å². The minimum atomic E-state index is -3.73. The van der Waals surface area contributed by atoms with Crippen molar-refractivity contribution in [3.05, 3.63) is 66.6 Å². The van der Waals surface area contributed by atoms with Crippen molar-refractivity contribution in [2.75, 3.05) is 6.26 Å². The van der Waals surface area contributed by atoms with E-state index in [-0.39, 0.29) is 4.90 Å². The Kier molecular flexibility index (Phi) is 4.45. The fourth-order valence-electron chi connectivity index (χ4n) is 2.85. The van der Waals surface area contributed by atoms with Gasteiger partial charge in [0, 0.05) is 29.5 Å². The van der Waals surface area contributed by atoms with Gasteiger partial charge >= 0.3 is 0 Å². The molecule has 0 aliphatic carbocycles. The van der Waals surface area contributed by atoms with Crippen molar-refractivity contribution >= 4 is 32.8 Å². The quantitative estimate of drug-likeness (QED) is 0.386. The zero-order valence-electron chi connectivity index (χ0n) is 14.7. The van der Waals surface area contributed by atoms with Gasteiger partial charge in [0.25, 0.3) is 10.0 Å². The van der Waals surface area contributed by atoms with E-state index in [2.05, 4.69) is 15.0 Å². The van der Waals surface area contributed by atoms with Crippen molar-refractivity contribution in [2.45, 2.75) is 17.0 Å². The van der Waals surface area contributed by atoms with Crippen LogP contribution in [0.25, 0.3) is 22.3 Å². The van der Waals surface area contributed by atoms with E-state index in [0.29, 0.717) is 10.8 Å². The molecule has 0 saturated carbocycles. The third kappa shape index (κ3) is 3.11. The number of thioether (sulfide) groups is 1. The topological polar surface area (TPSA) is 77.7 Å². The number of rotatable bonds is 4. The smallest absolute Gasteiger partial charge is 0.237 e. The molecule has 8 heteroatoms. The highest BCUT2D eigenvalue weighted by Crippen LogP contribution is 2.29. The standard InChI is InChI=1S/C19H16N4O2S2/c1-13-3-5-14(6-4-13)27(24,25)23-12-9-16-15(7-10-20-18(16)23)17-8-11-21-19(22-17)26-2/h3-12H,1-2H3. The lowest BCUT2D eigenvalue weighted by Crippen LogP contribution is -2.12. The maximum atomic E-state index is 13.1. The molecule has 4 rings (SSSR count). The monoisotopic (exact) mass is 396 g/mol. The lowest BCUT2D eigenvalue weighted by molar-refractivity contribution is 0.588. The van der Waals surface area contributed by atoms with Crippen LogP contribution in [0.15, 0.2) is 71.1 Å². The Balaban J connectivity index is 1.89. The molecule has 0 bridgehead atoms. The first-order chi connectivity index (χ1) is 13.0. The van der Waals surface area contributed by atoms with Crippen molar-refractivity contribution in [3.8, 4) is 11.3 Å². The number of aromatic nitrogens is 4. The molecule has 0 fully saturated rings. The number of pyridine rings is 1. The fraction of sp³-hybridized carbons (Fsp3) is 0.105. The summed E-state index contributed by atoms with van der Waals surface area (Å²) in [5, 5.41) is 1.38. The summed E-state index contributed by atoms with van der Waals surface area (Å²) < 4.78 is 27.3. The summed E-state index contributed by atoms with van der Waals surface area (Å²) in [5.41, 5.74) is 2.92. The molecule has 6 nitrogen and oxygen atoms in total. The van der Waals surface area contributed by atoms with E-state index in [1.165, 1.54) is 21.9 Å². The highest BCUT2D eigenvalue weighted by molar-refractivity contribution is 7.98. The van der Waals surface area contributed by atoms with Crippen molar-refractivity contribution in [2.24, 2.45) is 0 Å². The Morgan fingerprint density at radius 2 is 1.70 bits per heavy atom. The van der Waals surface area contributed by atoms with Gasteiger partial charge in [-0.3, -0.25) is 0 Å². The summed E-state index contributed by atoms with van der Waals surface area (Å²) in [6.07, 6.45) is 6.74. The van der Waals surface area contributed by atoms with Gasteiger partial charge in [-0.1, -0.05) is 29.5 Å². The lowest BCUT2D eigenvalue weighted by Gasteiger charge is -2.08. The zero-order chi connectivity index (χ0) is 19.0. The van der Waals surface area contributed by atoms with Gasteiger partial charge in [-0.2, -0.15) is 0 Å². The van der Waals surface area contributed by atoms with Crippen LogP contribution in [0, 0.1) is 6.92 Å². The van der Waals surface area contributed by atoms with Gasteiger partial charge in [0.2, 0.25) is 0 Å². The van der Waals surface area contributed by atoms with E-state index >= 15 is 0 Å². The van der Waals surface area contributed by atoms with Gasteiger partial charge in [0.15, 0.2) is 10.8 Å². The molecule has 4 aromatic rings. The summed E-state index contributed by atoms with van der Waals surface area (Å²) in [4.78, 5) is 13.2. The van der Waals surface area contributed by atoms with Gasteiger partial charge in [-0.05, 0) is 43.5 Å². The molecule has 0 saturated heterocycles. The van der Waals surface area contributed by atoms with Crippen LogP contribution in [-0.2, 0) is 10.0 Å². The summed E-state index contributed by atoms with van der Waals surface area (Å²) in [6, 6.07) is 12.2. The number of benzene rings is 1. The summed E-state index contributed by atoms with van der Waals surface area (Å²) in [5.74, 6) is 0. The number of aryl methyl sites for hydroxylation is 1. The average molecular weight is 396 g/mol. The van der Waals surface area contributed by atoms with Crippen LogP contribution in [-0.4, -0.2) is 33.6 Å². The van der Waals surface area contributed by atoms with Crippen molar-refractivity contribution in [1.82, 2.24) is 18.9 Å². The van der Waals surface area contributed by atoms with E-state index in [0.717, 1.165) is 22.2 Å². The first-order valence-electron chi connectivity index (χ1n) is 8.16. The molecule has 0 N–H and O–H groups in total. The third-order valence-corrected chi connectivity index (χ3v) is 6.47. The zero-order valence-corrected chi connectivity index (χ0v) is 16.3. The van der Waals surface area contributed by atoms with Gasteiger partial charge in [0.05, 0.1) is 10.6 Å². The molecule has 0 unspecified atom stereocenters. The van der Waals surface area contributed by atoms with E-state index in [9.17, 15) is 8.42 Å². The van der Waals surface area contributed by atoms with Crippen LogP contribution in [0.4, 0.5) is 0 Å². The minimum absolute atomic E-state index is 0.226. The first-order valence-corrected chi connectivity index (χ1v) is 10.8. The Morgan fingerprint density at radius 1 is 0.963 bits per heavy atom. The van der Waals surface area contributed by atoms with Gasteiger partial charge in [0.1, 0.15) is 0 Å². The molecule has 1 aromatic carbocycles. The first kappa shape index (κ1) is 17.7. The highest BCUT2D eigenvalue weighted by atomic mass is 32.2. The van der Waals surface area contributed by atoms with Gasteiger partial charge < -0.3 is 0 Å². The van der Waals surface area contributed by atoms with E-state index in [1.54, 1.807) is 48.8 Å². The molecule has 0 aliphatic rings. The fourth-order valence-corrected chi connectivity index (χ4v) is 4.50. The maximum Gasteiger partial charge on any atom is 0.269 e. The lowest BCUT2D eigenvalue weighted by atomic mass is 10.1. The van der Waals surface area contributed by atoms with Gasteiger partial charge in [-0.25, -0.2) is 27.3 Å². The SMILES string of the molecule is CSc1nccc(-c2ccnc3c2ccn3S(=O)(=O)c2ccc(C)cc2)n1. The van der Waals surface area contributed by atoms with Crippen molar-refractivity contribution < 1.29 is 8.42 Å². The Bertz CT molecular complexity index is 1230. The second kappa shape index (κ2) is 6.79. The third-order valence-electron chi connectivity index (χ3n) is 4.22. The van der Waals surface area contributed by atoms with Crippen LogP contribution in [0.1, 0.15) is 5.56 Å². The Hall–Kier alpha value is -2.71. The molecule has 0 amide bonds. The van der Waals surface area contributed by atoms with Crippen LogP contribution in [0.5, 0.6) is 0 Å². The molecular formula is C19H16N4O2S2. The van der Waals surface area contributed by atoms with Crippen LogP contribution in [0.2, 0.25) is 0 Å².